The summed E-state index contributed by atoms with van der Waals surface area (Å²) >= 11 is 0. The van der Waals surface area contributed by atoms with Gasteiger partial charge in [-0.3, -0.25) is 4.57 Å². The second-order valence-corrected chi connectivity index (χ2v) is 11.1. The van der Waals surface area contributed by atoms with Crippen LogP contribution in [0.25, 0.3) is 44.4 Å². The predicted octanol–water partition coefficient (Wildman–Crippen LogP) is 9.57. The van der Waals surface area contributed by atoms with Gasteiger partial charge in [-0.1, -0.05) is 50.2 Å². The number of hydrogen-bond acceptors (Lipinski definition) is 3. The Labute approximate surface area is 252 Å². The maximum Gasteiger partial charge on any atom is 0.137 e. The molecule has 5 heteroatoms. The summed E-state index contributed by atoms with van der Waals surface area (Å²) < 4.78 is 10.6. The Bertz CT molecular complexity index is 2120. The number of benzene rings is 4. The Kier molecular flexibility index (Phi) is 6.78. The van der Waals surface area contributed by atoms with Crippen LogP contribution in [0.1, 0.15) is 36.1 Å². The molecule has 212 valence electrons. The summed E-state index contributed by atoms with van der Waals surface area (Å²) in [6.07, 6.45) is 7.95. The van der Waals surface area contributed by atoms with E-state index in [2.05, 4.69) is 99.1 Å². The van der Waals surface area contributed by atoms with Crippen molar-refractivity contribution in [2.75, 3.05) is 0 Å². The normalized spacial score (nSPS) is 11.4. The van der Waals surface area contributed by atoms with Gasteiger partial charge in [0.05, 0.1) is 22.9 Å². The highest BCUT2D eigenvalue weighted by atomic mass is 16.5. The first-order valence-electron chi connectivity index (χ1n) is 14.9. The third-order valence-electron chi connectivity index (χ3n) is 8.33. The van der Waals surface area contributed by atoms with E-state index in [9.17, 15) is 0 Å². The lowest BCUT2D eigenvalue weighted by Gasteiger charge is -2.14. The second kappa shape index (κ2) is 10.9. The molecule has 0 N–H and O–H groups in total. The second-order valence-electron chi connectivity index (χ2n) is 11.1. The van der Waals surface area contributed by atoms with Crippen LogP contribution in [0.4, 0.5) is 0 Å². The number of aryl methyl sites for hydroxylation is 3. The van der Waals surface area contributed by atoms with Crippen molar-refractivity contribution in [1.29, 1.82) is 0 Å². The lowest BCUT2D eigenvalue weighted by atomic mass is 9.90. The monoisotopic (exact) mass is 562 g/mol. The van der Waals surface area contributed by atoms with Gasteiger partial charge in [0.2, 0.25) is 0 Å². The molecule has 4 aromatic carbocycles. The van der Waals surface area contributed by atoms with E-state index in [1.54, 1.807) is 0 Å². The van der Waals surface area contributed by atoms with E-state index in [1.165, 1.54) is 33.2 Å². The molecule has 0 aliphatic heterocycles. The fourth-order valence-corrected chi connectivity index (χ4v) is 6.23. The fraction of sp³-hybridized carbons (Fsp3) is 0.158. The van der Waals surface area contributed by atoms with Gasteiger partial charge in [-0.05, 0) is 97.0 Å². The van der Waals surface area contributed by atoms with Crippen LogP contribution in [0.3, 0.4) is 0 Å². The van der Waals surface area contributed by atoms with Gasteiger partial charge in [0.1, 0.15) is 17.3 Å². The standard InChI is InChI=1S/C38H34N4O/c1-5-27-15-14-26(4)32(6-2)38(27)28-23-40-41(24-28)29-10-9-11-30(21-29)43-31-16-17-34-33-12-7-8-13-35(33)42(36(34)22-31)37-20-25(3)18-19-39-37/h7-24H,5-6H2,1-4H3. The molecule has 7 rings (SSSR count). The topological polar surface area (TPSA) is 44.9 Å². The molecule has 0 saturated carbocycles. The summed E-state index contributed by atoms with van der Waals surface area (Å²) in [4.78, 5) is 4.70. The van der Waals surface area contributed by atoms with E-state index in [0.29, 0.717) is 0 Å². The third-order valence-corrected chi connectivity index (χ3v) is 8.33. The molecule has 0 bridgehead atoms. The summed E-state index contributed by atoms with van der Waals surface area (Å²) in [7, 11) is 0. The average molecular weight is 563 g/mol. The van der Waals surface area contributed by atoms with Crippen molar-refractivity contribution in [3.8, 4) is 34.1 Å². The predicted molar refractivity (Wildman–Crippen MR) is 176 cm³/mol. The number of aromatic nitrogens is 4. The average Bonchev–Trinajstić information content (AvgIpc) is 3.64. The minimum absolute atomic E-state index is 0.754. The number of nitrogens with zero attached hydrogens (tertiary/aromatic N) is 4. The Morgan fingerprint density at radius 1 is 0.744 bits per heavy atom. The highest BCUT2D eigenvalue weighted by Gasteiger charge is 2.16. The molecule has 0 spiro atoms. The largest absolute Gasteiger partial charge is 0.457 e. The molecule has 7 aromatic rings. The number of rotatable bonds is 7. The van der Waals surface area contributed by atoms with Crippen LogP contribution in [0.2, 0.25) is 0 Å². The molecule has 5 nitrogen and oxygen atoms in total. The van der Waals surface area contributed by atoms with Gasteiger partial charge >= 0.3 is 0 Å². The summed E-state index contributed by atoms with van der Waals surface area (Å²) in [6.45, 7) is 8.73. The van der Waals surface area contributed by atoms with Crippen molar-refractivity contribution in [1.82, 2.24) is 19.3 Å². The number of fused-ring (bicyclic) bond motifs is 3. The summed E-state index contributed by atoms with van der Waals surface area (Å²) in [6, 6.07) is 31.5. The minimum atomic E-state index is 0.754. The van der Waals surface area contributed by atoms with Crippen molar-refractivity contribution < 1.29 is 4.74 Å². The van der Waals surface area contributed by atoms with Crippen LogP contribution in [0.15, 0.2) is 110 Å². The zero-order valence-corrected chi connectivity index (χ0v) is 25.0. The van der Waals surface area contributed by atoms with Gasteiger partial charge in [0, 0.05) is 40.9 Å². The molecule has 0 atom stereocenters. The van der Waals surface area contributed by atoms with Crippen LogP contribution < -0.4 is 4.74 Å². The van der Waals surface area contributed by atoms with Gasteiger partial charge in [-0.25, -0.2) is 9.67 Å². The van der Waals surface area contributed by atoms with E-state index in [1.807, 2.05) is 47.4 Å². The maximum atomic E-state index is 6.46. The zero-order valence-electron chi connectivity index (χ0n) is 25.0. The lowest BCUT2D eigenvalue weighted by molar-refractivity contribution is 0.483. The van der Waals surface area contributed by atoms with Crippen LogP contribution in [0.5, 0.6) is 11.5 Å². The summed E-state index contributed by atoms with van der Waals surface area (Å²) in [5, 5.41) is 7.11. The van der Waals surface area contributed by atoms with E-state index in [0.717, 1.165) is 57.8 Å². The Balaban J connectivity index is 1.25. The zero-order chi connectivity index (χ0) is 29.5. The third kappa shape index (κ3) is 4.77. The first-order valence-corrected chi connectivity index (χ1v) is 14.9. The number of pyridine rings is 1. The van der Waals surface area contributed by atoms with Crippen LogP contribution in [0, 0.1) is 13.8 Å². The van der Waals surface area contributed by atoms with Gasteiger partial charge in [-0.15, -0.1) is 0 Å². The van der Waals surface area contributed by atoms with Gasteiger partial charge in [-0.2, -0.15) is 5.10 Å². The number of para-hydroxylation sites is 1. The van der Waals surface area contributed by atoms with Gasteiger partial charge in [0.25, 0.3) is 0 Å². The first-order chi connectivity index (χ1) is 21.0. The van der Waals surface area contributed by atoms with Crippen molar-refractivity contribution in [2.24, 2.45) is 0 Å². The summed E-state index contributed by atoms with van der Waals surface area (Å²) in [5.74, 6) is 2.41. The fourth-order valence-electron chi connectivity index (χ4n) is 6.23. The highest BCUT2D eigenvalue weighted by molar-refractivity contribution is 6.09. The summed E-state index contributed by atoms with van der Waals surface area (Å²) in [5.41, 5.74) is 10.8. The quantitative estimate of drug-likeness (QED) is 0.194. The van der Waals surface area contributed by atoms with Crippen molar-refractivity contribution >= 4 is 21.8 Å². The Hall–Kier alpha value is -5.16. The molecule has 0 saturated heterocycles. The highest BCUT2D eigenvalue weighted by Crippen LogP contribution is 2.36. The Morgan fingerprint density at radius 3 is 2.42 bits per heavy atom. The molecule has 0 fully saturated rings. The molecule has 0 unspecified atom stereocenters. The molecule has 43 heavy (non-hydrogen) atoms. The van der Waals surface area contributed by atoms with E-state index in [4.69, 9.17) is 14.8 Å². The van der Waals surface area contributed by atoms with Crippen molar-refractivity contribution in [2.45, 2.75) is 40.5 Å². The van der Waals surface area contributed by atoms with Crippen molar-refractivity contribution in [3.63, 3.8) is 0 Å². The van der Waals surface area contributed by atoms with Crippen LogP contribution in [-0.4, -0.2) is 19.3 Å². The SMILES string of the molecule is CCc1ccc(C)c(CC)c1-c1cnn(-c2cccc(Oc3ccc4c5ccccc5n(-c5cc(C)ccn5)c4c3)c2)c1. The number of hydrogen-bond donors (Lipinski definition) is 0. The molecule has 3 heterocycles. The van der Waals surface area contributed by atoms with Gasteiger partial charge < -0.3 is 4.74 Å². The van der Waals surface area contributed by atoms with E-state index in [-0.39, 0.29) is 0 Å². The van der Waals surface area contributed by atoms with Gasteiger partial charge in [0.15, 0.2) is 0 Å². The van der Waals surface area contributed by atoms with Crippen molar-refractivity contribution in [3.05, 3.63) is 132 Å². The molecule has 0 aliphatic carbocycles. The lowest BCUT2D eigenvalue weighted by Crippen LogP contribution is -1.98. The molecule has 0 aliphatic rings. The number of ether oxygens (including phenoxy) is 1. The smallest absolute Gasteiger partial charge is 0.137 e. The molecular formula is C38H34N4O. The Morgan fingerprint density at radius 2 is 1.58 bits per heavy atom. The van der Waals surface area contributed by atoms with E-state index >= 15 is 0 Å². The first kappa shape index (κ1) is 26.7. The van der Waals surface area contributed by atoms with E-state index < -0.39 is 0 Å². The molecule has 0 radical (unpaired) electrons. The molecule has 3 aromatic heterocycles. The molecular weight excluding hydrogens is 528 g/mol. The van der Waals surface area contributed by atoms with Crippen LogP contribution >= 0.6 is 0 Å². The minimum Gasteiger partial charge on any atom is -0.457 e. The maximum absolute atomic E-state index is 6.46. The molecule has 0 amide bonds. The van der Waals surface area contributed by atoms with Crippen LogP contribution in [-0.2, 0) is 12.8 Å².